The van der Waals surface area contributed by atoms with Crippen LogP contribution < -0.4 is 19.5 Å². The molecule has 0 radical (unpaired) electrons. The van der Waals surface area contributed by atoms with E-state index in [-0.39, 0.29) is 5.91 Å². The van der Waals surface area contributed by atoms with Crippen molar-refractivity contribution < 1.29 is 19.0 Å². The van der Waals surface area contributed by atoms with E-state index in [4.69, 9.17) is 14.2 Å². The first-order valence-electron chi connectivity index (χ1n) is 8.26. The van der Waals surface area contributed by atoms with Crippen LogP contribution in [0.5, 0.6) is 17.2 Å². The number of methoxy groups -OCH3 is 3. The zero-order valence-electron chi connectivity index (χ0n) is 14.3. The van der Waals surface area contributed by atoms with E-state index < -0.39 is 0 Å². The SMILES string of the molecule is COc1cc(CC(=O)NC2CCCCCC2)cc(OC)c1OC. The Morgan fingerprint density at radius 2 is 1.57 bits per heavy atom. The van der Waals surface area contributed by atoms with Crippen LogP contribution in [0.25, 0.3) is 0 Å². The van der Waals surface area contributed by atoms with Crippen LogP contribution in [0.4, 0.5) is 0 Å². The average Bonchev–Trinajstić information content (AvgIpc) is 2.82. The Morgan fingerprint density at radius 3 is 2.04 bits per heavy atom. The lowest BCUT2D eigenvalue weighted by atomic mass is 10.1. The van der Waals surface area contributed by atoms with Gasteiger partial charge in [-0.1, -0.05) is 25.7 Å². The lowest BCUT2D eigenvalue weighted by molar-refractivity contribution is -0.121. The number of carbonyl (C=O) groups is 1. The van der Waals surface area contributed by atoms with Gasteiger partial charge in [0, 0.05) is 6.04 Å². The standard InChI is InChI=1S/C18H27NO4/c1-21-15-10-13(11-16(22-2)18(15)23-3)12-17(20)19-14-8-6-4-5-7-9-14/h10-11,14H,4-9,12H2,1-3H3,(H,19,20). The second kappa shape index (κ2) is 8.65. The number of benzene rings is 1. The van der Waals surface area contributed by atoms with Crippen LogP contribution in [0.3, 0.4) is 0 Å². The number of nitrogens with one attached hydrogen (secondary N) is 1. The first-order chi connectivity index (χ1) is 11.2. The average molecular weight is 321 g/mol. The van der Waals surface area contributed by atoms with Gasteiger partial charge in [-0.3, -0.25) is 4.79 Å². The van der Waals surface area contributed by atoms with Crippen molar-refractivity contribution >= 4 is 5.91 Å². The Labute approximate surface area is 138 Å². The number of ether oxygens (including phenoxy) is 3. The highest BCUT2D eigenvalue weighted by atomic mass is 16.5. The first kappa shape index (κ1) is 17.4. The van der Waals surface area contributed by atoms with E-state index >= 15 is 0 Å². The number of amides is 1. The fourth-order valence-corrected chi connectivity index (χ4v) is 3.13. The maximum Gasteiger partial charge on any atom is 0.224 e. The Balaban J connectivity index is 2.05. The summed E-state index contributed by atoms with van der Waals surface area (Å²) >= 11 is 0. The molecule has 1 aliphatic rings. The van der Waals surface area contributed by atoms with E-state index in [2.05, 4.69) is 5.32 Å². The van der Waals surface area contributed by atoms with E-state index in [0.717, 1.165) is 18.4 Å². The quantitative estimate of drug-likeness (QED) is 0.818. The highest BCUT2D eigenvalue weighted by Crippen LogP contribution is 2.38. The van der Waals surface area contributed by atoms with E-state index in [1.54, 1.807) is 21.3 Å². The summed E-state index contributed by atoms with van der Waals surface area (Å²) in [5.41, 5.74) is 0.852. The second-order valence-electron chi connectivity index (χ2n) is 5.97. The molecule has 0 bridgehead atoms. The van der Waals surface area contributed by atoms with Crippen molar-refractivity contribution in [2.45, 2.75) is 51.0 Å². The van der Waals surface area contributed by atoms with E-state index in [0.29, 0.717) is 29.7 Å². The molecule has 1 N–H and O–H groups in total. The molecule has 0 heterocycles. The van der Waals surface area contributed by atoms with Crippen LogP contribution in [-0.2, 0) is 11.2 Å². The molecule has 1 fully saturated rings. The minimum absolute atomic E-state index is 0.0474. The summed E-state index contributed by atoms with van der Waals surface area (Å²) in [6.45, 7) is 0. The molecule has 0 spiro atoms. The van der Waals surface area contributed by atoms with Crippen molar-refractivity contribution in [2.75, 3.05) is 21.3 Å². The minimum Gasteiger partial charge on any atom is -0.493 e. The van der Waals surface area contributed by atoms with Gasteiger partial charge < -0.3 is 19.5 Å². The van der Waals surface area contributed by atoms with Crippen LogP contribution in [0, 0.1) is 0 Å². The number of hydrogen-bond acceptors (Lipinski definition) is 4. The molecule has 0 unspecified atom stereocenters. The van der Waals surface area contributed by atoms with Gasteiger partial charge in [-0.2, -0.15) is 0 Å². The van der Waals surface area contributed by atoms with Gasteiger partial charge in [0.1, 0.15) is 0 Å². The van der Waals surface area contributed by atoms with Crippen molar-refractivity contribution in [1.82, 2.24) is 5.32 Å². The smallest absolute Gasteiger partial charge is 0.224 e. The van der Waals surface area contributed by atoms with Gasteiger partial charge in [0.2, 0.25) is 11.7 Å². The fraction of sp³-hybridized carbons (Fsp3) is 0.611. The van der Waals surface area contributed by atoms with Crippen molar-refractivity contribution in [2.24, 2.45) is 0 Å². The zero-order chi connectivity index (χ0) is 16.7. The van der Waals surface area contributed by atoms with Crippen LogP contribution in [0.2, 0.25) is 0 Å². The summed E-state index contributed by atoms with van der Waals surface area (Å²) in [6.07, 6.45) is 7.44. The van der Waals surface area contributed by atoms with Gasteiger partial charge in [-0.05, 0) is 30.5 Å². The molecule has 5 nitrogen and oxygen atoms in total. The van der Waals surface area contributed by atoms with Gasteiger partial charge >= 0.3 is 0 Å². The van der Waals surface area contributed by atoms with Gasteiger partial charge in [-0.25, -0.2) is 0 Å². The van der Waals surface area contributed by atoms with Crippen LogP contribution in [0.15, 0.2) is 12.1 Å². The van der Waals surface area contributed by atoms with Crippen LogP contribution in [-0.4, -0.2) is 33.3 Å². The third kappa shape index (κ3) is 4.78. The molecular formula is C18H27NO4. The normalized spacial score (nSPS) is 15.6. The van der Waals surface area contributed by atoms with E-state index in [1.165, 1.54) is 25.7 Å². The van der Waals surface area contributed by atoms with E-state index in [9.17, 15) is 4.79 Å². The predicted molar refractivity (Wildman–Crippen MR) is 89.4 cm³/mol. The Morgan fingerprint density at radius 1 is 1.00 bits per heavy atom. The molecule has 0 aromatic heterocycles. The number of rotatable bonds is 6. The maximum atomic E-state index is 12.3. The summed E-state index contributed by atoms with van der Waals surface area (Å²) in [4.78, 5) is 12.3. The summed E-state index contributed by atoms with van der Waals surface area (Å²) in [5, 5.41) is 3.16. The molecular weight excluding hydrogens is 294 g/mol. The van der Waals surface area contributed by atoms with Gasteiger partial charge in [-0.15, -0.1) is 0 Å². The monoisotopic (exact) mass is 321 g/mol. The summed E-state index contributed by atoms with van der Waals surface area (Å²) in [6, 6.07) is 3.97. The highest BCUT2D eigenvalue weighted by molar-refractivity contribution is 5.79. The fourth-order valence-electron chi connectivity index (χ4n) is 3.13. The highest BCUT2D eigenvalue weighted by Gasteiger charge is 2.17. The first-order valence-corrected chi connectivity index (χ1v) is 8.26. The molecule has 1 aromatic carbocycles. The maximum absolute atomic E-state index is 12.3. The van der Waals surface area contributed by atoms with E-state index in [1.807, 2.05) is 12.1 Å². The molecule has 2 rings (SSSR count). The van der Waals surface area contributed by atoms with Crippen molar-refractivity contribution in [1.29, 1.82) is 0 Å². The molecule has 23 heavy (non-hydrogen) atoms. The molecule has 1 aliphatic carbocycles. The molecule has 0 aliphatic heterocycles. The van der Waals surface area contributed by atoms with Crippen molar-refractivity contribution in [3.63, 3.8) is 0 Å². The third-order valence-corrected chi connectivity index (χ3v) is 4.31. The number of hydrogen-bond donors (Lipinski definition) is 1. The molecule has 0 saturated heterocycles. The molecule has 5 heteroatoms. The summed E-state index contributed by atoms with van der Waals surface area (Å²) < 4.78 is 16.0. The van der Waals surface area contributed by atoms with Gasteiger partial charge in [0.05, 0.1) is 27.8 Å². The molecule has 128 valence electrons. The predicted octanol–water partition coefficient (Wildman–Crippen LogP) is 3.09. The lowest BCUT2D eigenvalue weighted by Gasteiger charge is -2.17. The number of carbonyl (C=O) groups excluding carboxylic acids is 1. The third-order valence-electron chi connectivity index (χ3n) is 4.31. The Kier molecular flexibility index (Phi) is 6.56. The second-order valence-corrected chi connectivity index (χ2v) is 5.97. The van der Waals surface area contributed by atoms with Crippen LogP contribution in [0.1, 0.15) is 44.1 Å². The summed E-state index contributed by atoms with van der Waals surface area (Å²) in [7, 11) is 4.72. The Bertz CT molecular complexity index is 497. The van der Waals surface area contributed by atoms with Crippen LogP contribution >= 0.6 is 0 Å². The summed E-state index contributed by atoms with van der Waals surface area (Å²) in [5.74, 6) is 1.74. The Hall–Kier alpha value is -1.91. The lowest BCUT2D eigenvalue weighted by Crippen LogP contribution is -2.35. The molecule has 0 atom stereocenters. The zero-order valence-corrected chi connectivity index (χ0v) is 14.3. The van der Waals surface area contributed by atoms with Crippen molar-refractivity contribution in [3.8, 4) is 17.2 Å². The van der Waals surface area contributed by atoms with Gasteiger partial charge in [0.15, 0.2) is 11.5 Å². The molecule has 1 aromatic rings. The topological polar surface area (TPSA) is 56.8 Å². The minimum atomic E-state index is 0.0474. The van der Waals surface area contributed by atoms with Crippen molar-refractivity contribution in [3.05, 3.63) is 17.7 Å². The largest absolute Gasteiger partial charge is 0.493 e. The molecule has 1 amide bonds. The molecule has 1 saturated carbocycles. The van der Waals surface area contributed by atoms with Gasteiger partial charge in [0.25, 0.3) is 0 Å².